The van der Waals surface area contributed by atoms with E-state index in [0.717, 1.165) is 49.1 Å². The molecule has 0 radical (unpaired) electrons. The Morgan fingerprint density at radius 1 is 0.741 bits per heavy atom. The van der Waals surface area contributed by atoms with Gasteiger partial charge in [0.1, 0.15) is 0 Å². The molecule has 0 spiro atoms. The highest BCUT2D eigenvalue weighted by molar-refractivity contribution is 6.71. The molecule has 0 aliphatic rings. The minimum Gasteiger partial charge on any atom is -0.420 e. The van der Waals surface area contributed by atoms with Crippen LogP contribution in [-0.2, 0) is 13.3 Å². The molecular weight excluding hydrogens is 372 g/mol. The number of rotatable bonds is 13. The van der Waals surface area contributed by atoms with Crippen molar-refractivity contribution in [3.05, 3.63) is 35.4 Å². The Kier molecular flexibility index (Phi) is 10.9. The predicted octanol–water partition coefficient (Wildman–Crippen LogP) is 4.52. The molecule has 0 unspecified atom stereocenters. The summed E-state index contributed by atoms with van der Waals surface area (Å²) < 4.78 is 16.5. The minimum atomic E-state index is -1.96. The Morgan fingerprint density at radius 2 is 1.19 bits per heavy atom. The molecule has 0 aromatic heterocycles. The average molecular weight is 409 g/mol. The van der Waals surface area contributed by atoms with Crippen LogP contribution in [0.5, 0.6) is 0 Å². The smallest absolute Gasteiger partial charge is 0.334 e. The first-order valence-corrected chi connectivity index (χ1v) is 15.2. The molecule has 0 aliphatic carbocycles. The van der Waals surface area contributed by atoms with Crippen LogP contribution in [-0.4, -0.2) is 63.7 Å². The predicted molar refractivity (Wildman–Crippen MR) is 120 cm³/mol. The summed E-state index contributed by atoms with van der Waals surface area (Å²) in [5, 5.41) is 0. The van der Waals surface area contributed by atoms with Gasteiger partial charge in [-0.1, -0.05) is 24.3 Å². The molecule has 0 amide bonds. The van der Waals surface area contributed by atoms with Crippen molar-refractivity contribution in [1.82, 2.24) is 0 Å². The van der Waals surface area contributed by atoms with Crippen LogP contribution in [0.3, 0.4) is 0 Å². The van der Waals surface area contributed by atoms with E-state index in [1.54, 1.807) is 14.2 Å². The molecule has 0 aliphatic heterocycles. The second-order valence-corrected chi connectivity index (χ2v) is 15.5. The maximum absolute atomic E-state index is 5.56. The summed E-state index contributed by atoms with van der Waals surface area (Å²) in [4.78, 5) is 9.03. The topological polar surface area (TPSA) is 52.4 Å². The third-order valence-electron chi connectivity index (χ3n) is 4.82. The van der Waals surface area contributed by atoms with Crippen LogP contribution in [0.4, 0.5) is 0 Å². The van der Waals surface area contributed by atoms with Crippen LogP contribution in [0.2, 0.25) is 31.7 Å². The second kappa shape index (κ2) is 12.4. The highest BCUT2D eigenvalue weighted by Crippen LogP contribution is 2.14. The largest absolute Gasteiger partial charge is 0.420 e. The van der Waals surface area contributed by atoms with Crippen molar-refractivity contribution in [1.29, 1.82) is 0 Å². The van der Waals surface area contributed by atoms with Gasteiger partial charge in [-0.2, -0.15) is 0 Å². The van der Waals surface area contributed by atoms with Gasteiger partial charge in [0.05, 0.1) is 0 Å². The van der Waals surface area contributed by atoms with E-state index in [0.29, 0.717) is 0 Å². The molecule has 1 aromatic rings. The number of benzene rings is 1. The van der Waals surface area contributed by atoms with Crippen molar-refractivity contribution in [3.8, 4) is 0 Å². The zero-order valence-electron chi connectivity index (χ0n) is 17.8. The quantitative estimate of drug-likeness (QED) is 0.274. The van der Waals surface area contributed by atoms with E-state index >= 15 is 0 Å². The molecular formula is C20H36N2O3Si2. The van der Waals surface area contributed by atoms with Gasteiger partial charge >= 0.3 is 8.56 Å². The molecule has 0 fully saturated rings. The molecule has 0 saturated carbocycles. The fraction of sp³-hybridized carbons (Fsp3) is 0.600. The molecule has 27 heavy (non-hydrogen) atoms. The Morgan fingerprint density at radius 3 is 1.59 bits per heavy atom. The third-order valence-corrected chi connectivity index (χ3v) is 10.5. The van der Waals surface area contributed by atoms with Crippen molar-refractivity contribution >= 4 is 29.3 Å². The monoisotopic (exact) mass is 408 g/mol. The van der Waals surface area contributed by atoms with E-state index in [9.17, 15) is 0 Å². The van der Waals surface area contributed by atoms with Gasteiger partial charge in [0.25, 0.3) is 0 Å². The van der Waals surface area contributed by atoms with Gasteiger partial charge in [-0.05, 0) is 55.7 Å². The van der Waals surface area contributed by atoms with Crippen LogP contribution in [0, 0.1) is 0 Å². The van der Waals surface area contributed by atoms with Gasteiger partial charge in [-0.25, -0.2) is 0 Å². The van der Waals surface area contributed by atoms with Crippen LogP contribution >= 0.6 is 0 Å². The van der Waals surface area contributed by atoms with E-state index < -0.39 is 16.9 Å². The van der Waals surface area contributed by atoms with Gasteiger partial charge in [0.15, 0.2) is 8.32 Å². The highest BCUT2D eigenvalue weighted by Gasteiger charge is 2.27. The highest BCUT2D eigenvalue weighted by atomic mass is 28.4. The number of aliphatic imine (C=N–C) groups is 2. The minimum absolute atomic E-state index is 0.791. The summed E-state index contributed by atoms with van der Waals surface area (Å²) in [6, 6.07) is 10.4. The normalized spacial score (nSPS) is 13.1. The molecule has 0 bridgehead atoms. The van der Waals surface area contributed by atoms with E-state index in [1.165, 1.54) is 0 Å². The second-order valence-electron chi connectivity index (χ2n) is 7.45. The van der Waals surface area contributed by atoms with Crippen LogP contribution in [0.1, 0.15) is 24.0 Å². The maximum Gasteiger partial charge on any atom is 0.334 e. The summed E-state index contributed by atoms with van der Waals surface area (Å²) in [5.41, 5.74) is 2.23. The van der Waals surface area contributed by atoms with Gasteiger partial charge in [0.2, 0.25) is 0 Å². The van der Waals surface area contributed by atoms with E-state index in [2.05, 4.69) is 53.9 Å². The molecule has 1 aromatic carbocycles. The van der Waals surface area contributed by atoms with Crippen LogP contribution < -0.4 is 0 Å². The van der Waals surface area contributed by atoms with Gasteiger partial charge in [-0.3, -0.25) is 9.98 Å². The Labute approximate surface area is 167 Å². The average Bonchev–Trinajstić information content (AvgIpc) is 2.68. The molecule has 5 nitrogen and oxygen atoms in total. The Balaban J connectivity index is 2.34. The summed E-state index contributed by atoms with van der Waals surface area (Å²) in [5.74, 6) is 0. The van der Waals surface area contributed by atoms with Crippen molar-refractivity contribution in [2.45, 2.75) is 44.6 Å². The molecule has 152 valence electrons. The number of hydrogen-bond acceptors (Lipinski definition) is 5. The first kappa shape index (κ1) is 23.9. The third kappa shape index (κ3) is 10.1. The lowest BCUT2D eigenvalue weighted by Gasteiger charge is -2.21. The molecule has 0 atom stereocenters. The fourth-order valence-corrected chi connectivity index (χ4v) is 5.07. The van der Waals surface area contributed by atoms with Crippen molar-refractivity contribution in [2.24, 2.45) is 9.98 Å². The lowest BCUT2D eigenvalue weighted by atomic mass is 10.1. The molecule has 7 heteroatoms. The SMILES string of the molecule is CO[Si](C)(C)CCCN=Cc1ccc(C=NCCC[Si](C)(OC)OC)cc1. The maximum atomic E-state index is 5.56. The standard InChI is InChI=1S/C20H36N2O3Si2/c1-23-26(4,5)15-7-13-21-17-19-9-11-20(12-10-19)18-22-14-8-16-27(6,24-2)25-3/h9-12,17-18H,7-8,13-16H2,1-6H3. The molecule has 0 saturated heterocycles. The van der Waals surface area contributed by atoms with E-state index in [4.69, 9.17) is 13.3 Å². The zero-order valence-corrected chi connectivity index (χ0v) is 19.8. The molecule has 0 heterocycles. The van der Waals surface area contributed by atoms with Crippen molar-refractivity contribution in [3.63, 3.8) is 0 Å². The summed E-state index contributed by atoms with van der Waals surface area (Å²) in [6.07, 6.45) is 5.94. The van der Waals surface area contributed by atoms with Crippen molar-refractivity contribution in [2.75, 3.05) is 34.4 Å². The van der Waals surface area contributed by atoms with Gasteiger partial charge < -0.3 is 13.3 Å². The summed E-state index contributed by atoms with van der Waals surface area (Å²) in [6.45, 7) is 8.21. The van der Waals surface area contributed by atoms with Gasteiger partial charge in [0, 0.05) is 46.8 Å². The Hall–Kier alpha value is -1.13. The molecule has 1 rings (SSSR count). The first-order valence-electron chi connectivity index (χ1n) is 9.59. The zero-order chi connectivity index (χ0) is 20.2. The van der Waals surface area contributed by atoms with Crippen LogP contribution in [0.15, 0.2) is 34.3 Å². The summed E-state index contributed by atoms with van der Waals surface area (Å²) in [7, 11) is 1.87. The van der Waals surface area contributed by atoms with E-state index in [1.807, 2.05) is 19.5 Å². The number of nitrogens with zero attached hydrogens (tertiary/aromatic N) is 2. The lowest BCUT2D eigenvalue weighted by molar-refractivity contribution is 0.249. The Bertz CT molecular complexity index is 585. The first-order chi connectivity index (χ1) is 12.8. The van der Waals surface area contributed by atoms with Gasteiger partial charge in [-0.15, -0.1) is 0 Å². The van der Waals surface area contributed by atoms with Crippen LogP contribution in [0.25, 0.3) is 0 Å². The lowest BCUT2D eigenvalue weighted by Crippen LogP contribution is -2.35. The number of hydrogen-bond donors (Lipinski definition) is 0. The van der Waals surface area contributed by atoms with Crippen molar-refractivity contribution < 1.29 is 13.3 Å². The van der Waals surface area contributed by atoms with E-state index in [-0.39, 0.29) is 0 Å². The fourth-order valence-electron chi connectivity index (χ4n) is 2.49. The molecule has 0 N–H and O–H groups in total. The summed E-state index contributed by atoms with van der Waals surface area (Å²) >= 11 is 0.